The Morgan fingerprint density at radius 3 is 2.50 bits per heavy atom. The molecule has 1 aromatic carbocycles. The fraction of sp³-hybridized carbons (Fsp3) is 0.333. The average molecular weight is 275 g/mol. The summed E-state index contributed by atoms with van der Waals surface area (Å²) in [7, 11) is 0. The smallest absolute Gasteiger partial charge is 0.261 e. The molecule has 0 radical (unpaired) electrons. The number of hydrogen-bond acceptors (Lipinski definition) is 4. The number of ether oxygens (including phenoxy) is 1. The highest BCUT2D eigenvalue weighted by Gasteiger charge is 2.38. The van der Waals surface area contributed by atoms with Crippen LogP contribution in [0, 0.1) is 0 Å². The van der Waals surface area contributed by atoms with Crippen molar-refractivity contribution >= 4 is 11.8 Å². The lowest BCUT2D eigenvalue weighted by molar-refractivity contribution is -0.171. The summed E-state index contributed by atoms with van der Waals surface area (Å²) in [6.45, 7) is 4.48. The van der Waals surface area contributed by atoms with Gasteiger partial charge in [-0.2, -0.15) is 5.06 Å². The highest BCUT2D eigenvalue weighted by Crippen LogP contribution is 2.29. The van der Waals surface area contributed by atoms with Crippen molar-refractivity contribution < 1.29 is 19.5 Å². The van der Waals surface area contributed by atoms with E-state index in [0.29, 0.717) is 17.9 Å². The summed E-state index contributed by atoms with van der Waals surface area (Å²) in [6, 6.07) is 7.00. The highest BCUT2D eigenvalue weighted by atomic mass is 16.5. The second-order valence-corrected chi connectivity index (χ2v) is 4.96. The fourth-order valence-electron chi connectivity index (χ4n) is 1.98. The molecule has 1 saturated heterocycles. The van der Waals surface area contributed by atoms with Crippen molar-refractivity contribution in [2.24, 2.45) is 0 Å². The Balaban J connectivity index is 2.03. The van der Waals surface area contributed by atoms with E-state index in [1.54, 1.807) is 24.3 Å². The Labute approximate surface area is 117 Å². The van der Waals surface area contributed by atoms with Crippen LogP contribution >= 0.6 is 0 Å². The molecule has 0 saturated carbocycles. The van der Waals surface area contributed by atoms with Crippen LogP contribution in [0.3, 0.4) is 0 Å². The van der Waals surface area contributed by atoms with Gasteiger partial charge in [-0.3, -0.25) is 14.8 Å². The molecule has 5 heteroatoms. The van der Waals surface area contributed by atoms with Crippen LogP contribution < -0.4 is 4.74 Å². The molecule has 0 bridgehead atoms. The second kappa shape index (κ2) is 5.88. The molecule has 20 heavy (non-hydrogen) atoms. The molecular weight excluding hydrogens is 258 g/mol. The SMILES string of the molecule is CC(C)=CCOc1ccc(C2CC(=O)N(O)C2=O)cc1. The van der Waals surface area contributed by atoms with E-state index in [2.05, 4.69) is 0 Å². The normalized spacial score (nSPS) is 18.4. The maximum Gasteiger partial charge on any atom is 0.261 e. The van der Waals surface area contributed by atoms with Gasteiger partial charge in [-0.25, -0.2) is 0 Å². The minimum atomic E-state index is -0.598. The van der Waals surface area contributed by atoms with Crippen molar-refractivity contribution in [1.82, 2.24) is 5.06 Å². The van der Waals surface area contributed by atoms with Crippen LogP contribution in [0.1, 0.15) is 31.7 Å². The van der Waals surface area contributed by atoms with Gasteiger partial charge in [-0.05, 0) is 37.6 Å². The number of carbonyl (C=O) groups excluding carboxylic acids is 2. The lowest BCUT2D eigenvalue weighted by Gasteiger charge is -2.09. The van der Waals surface area contributed by atoms with Crippen molar-refractivity contribution in [3.05, 3.63) is 41.5 Å². The van der Waals surface area contributed by atoms with E-state index < -0.39 is 17.7 Å². The van der Waals surface area contributed by atoms with E-state index in [9.17, 15) is 14.8 Å². The first-order valence-corrected chi connectivity index (χ1v) is 6.41. The molecule has 0 aromatic heterocycles. The van der Waals surface area contributed by atoms with Gasteiger partial charge >= 0.3 is 0 Å². The number of hydroxylamine groups is 2. The first kappa shape index (κ1) is 14.3. The van der Waals surface area contributed by atoms with Gasteiger partial charge in [0, 0.05) is 6.42 Å². The third-order valence-corrected chi connectivity index (χ3v) is 3.15. The van der Waals surface area contributed by atoms with Gasteiger partial charge in [0.05, 0.1) is 5.92 Å². The van der Waals surface area contributed by atoms with E-state index in [1.807, 2.05) is 19.9 Å². The second-order valence-electron chi connectivity index (χ2n) is 4.96. The van der Waals surface area contributed by atoms with E-state index in [1.165, 1.54) is 5.57 Å². The lowest BCUT2D eigenvalue weighted by Crippen LogP contribution is -2.26. The zero-order valence-electron chi connectivity index (χ0n) is 11.5. The van der Waals surface area contributed by atoms with Crippen LogP contribution in [0.15, 0.2) is 35.9 Å². The quantitative estimate of drug-likeness (QED) is 0.520. The van der Waals surface area contributed by atoms with E-state index in [4.69, 9.17) is 4.74 Å². The van der Waals surface area contributed by atoms with Gasteiger partial charge in [-0.1, -0.05) is 17.7 Å². The summed E-state index contributed by atoms with van der Waals surface area (Å²) in [6.07, 6.45) is 1.98. The van der Waals surface area contributed by atoms with Gasteiger partial charge in [0.25, 0.3) is 11.8 Å². The number of nitrogens with zero attached hydrogens (tertiary/aromatic N) is 1. The van der Waals surface area contributed by atoms with Crippen LogP contribution in [-0.2, 0) is 9.59 Å². The highest BCUT2D eigenvalue weighted by molar-refractivity contribution is 6.04. The summed E-state index contributed by atoms with van der Waals surface area (Å²) in [5.41, 5.74) is 1.88. The molecule has 1 heterocycles. The Kier molecular flexibility index (Phi) is 4.20. The summed E-state index contributed by atoms with van der Waals surface area (Å²) >= 11 is 0. The molecule has 106 valence electrons. The molecule has 1 fully saturated rings. The molecule has 5 nitrogen and oxygen atoms in total. The van der Waals surface area contributed by atoms with Crippen LogP contribution in [0.4, 0.5) is 0 Å². The molecule has 1 aliphatic rings. The molecule has 2 amide bonds. The van der Waals surface area contributed by atoms with Crippen LogP contribution in [0.5, 0.6) is 5.75 Å². The number of hydrogen-bond donors (Lipinski definition) is 1. The maximum atomic E-state index is 11.7. The number of benzene rings is 1. The van der Waals surface area contributed by atoms with Crippen molar-refractivity contribution in [2.45, 2.75) is 26.2 Å². The first-order valence-electron chi connectivity index (χ1n) is 6.41. The van der Waals surface area contributed by atoms with Crippen molar-refractivity contribution in [3.8, 4) is 5.75 Å². The molecule has 2 rings (SSSR count). The van der Waals surface area contributed by atoms with Crippen molar-refractivity contribution in [1.29, 1.82) is 0 Å². The molecule has 1 unspecified atom stereocenters. The Hall–Kier alpha value is -2.14. The molecule has 1 aliphatic heterocycles. The Morgan fingerprint density at radius 1 is 1.35 bits per heavy atom. The number of amides is 2. The third-order valence-electron chi connectivity index (χ3n) is 3.15. The van der Waals surface area contributed by atoms with Crippen molar-refractivity contribution in [3.63, 3.8) is 0 Å². The van der Waals surface area contributed by atoms with Gasteiger partial charge in [-0.15, -0.1) is 0 Å². The molecule has 1 atom stereocenters. The van der Waals surface area contributed by atoms with Gasteiger partial charge in [0.15, 0.2) is 0 Å². The zero-order chi connectivity index (χ0) is 14.7. The summed E-state index contributed by atoms with van der Waals surface area (Å²) < 4.78 is 5.52. The minimum absolute atomic E-state index is 0.00725. The predicted octanol–water partition coefficient (Wildman–Crippen LogP) is 2.26. The fourth-order valence-corrected chi connectivity index (χ4v) is 1.98. The number of allylic oxidation sites excluding steroid dienone is 1. The Morgan fingerprint density at radius 2 is 2.00 bits per heavy atom. The van der Waals surface area contributed by atoms with E-state index >= 15 is 0 Å². The standard InChI is InChI=1S/C15H17NO4/c1-10(2)7-8-20-12-5-3-11(4-6-12)13-9-14(17)16(19)15(13)18/h3-7,13,19H,8-9H2,1-2H3. The zero-order valence-corrected chi connectivity index (χ0v) is 11.5. The van der Waals surface area contributed by atoms with Gasteiger partial charge in [0.2, 0.25) is 0 Å². The van der Waals surface area contributed by atoms with Gasteiger partial charge < -0.3 is 4.74 Å². The predicted molar refractivity (Wildman–Crippen MR) is 72.4 cm³/mol. The summed E-state index contributed by atoms with van der Waals surface area (Å²) in [4.78, 5) is 22.9. The summed E-state index contributed by atoms with van der Waals surface area (Å²) in [5.74, 6) is -1.04. The average Bonchev–Trinajstić information content (AvgIpc) is 2.67. The van der Waals surface area contributed by atoms with Crippen LogP contribution in [-0.4, -0.2) is 28.7 Å². The minimum Gasteiger partial charge on any atom is -0.490 e. The molecule has 0 aliphatic carbocycles. The molecular formula is C15H17NO4. The van der Waals surface area contributed by atoms with Crippen LogP contribution in [0.2, 0.25) is 0 Å². The van der Waals surface area contributed by atoms with Crippen molar-refractivity contribution in [2.75, 3.05) is 6.61 Å². The van der Waals surface area contributed by atoms with Crippen LogP contribution in [0.25, 0.3) is 0 Å². The monoisotopic (exact) mass is 275 g/mol. The largest absolute Gasteiger partial charge is 0.490 e. The molecule has 0 spiro atoms. The Bertz CT molecular complexity index is 543. The number of carbonyl (C=O) groups is 2. The maximum absolute atomic E-state index is 11.7. The van der Waals surface area contributed by atoms with Gasteiger partial charge in [0.1, 0.15) is 12.4 Å². The number of rotatable bonds is 4. The first-order chi connectivity index (χ1) is 9.49. The molecule has 1 aromatic rings. The number of imide groups is 1. The molecule has 1 N–H and O–H groups in total. The van der Waals surface area contributed by atoms with E-state index in [0.717, 1.165) is 0 Å². The van der Waals surface area contributed by atoms with E-state index in [-0.39, 0.29) is 11.5 Å². The summed E-state index contributed by atoms with van der Waals surface area (Å²) in [5, 5.41) is 9.42. The third kappa shape index (κ3) is 3.05. The lowest BCUT2D eigenvalue weighted by atomic mass is 9.98. The topological polar surface area (TPSA) is 66.8 Å².